The van der Waals surface area contributed by atoms with E-state index in [1.54, 1.807) is 4.90 Å². The highest BCUT2D eigenvalue weighted by atomic mass is 19.4. The van der Waals surface area contributed by atoms with Gasteiger partial charge >= 0.3 is 6.18 Å². The number of nitrogens with zero attached hydrogens (tertiary/aromatic N) is 2. The average Bonchev–Trinajstić information content (AvgIpc) is 2.73. The molecule has 4 nitrogen and oxygen atoms in total. The molecule has 2 aromatic carbocycles. The number of carbonyl (C=O) groups is 1. The third-order valence-corrected chi connectivity index (χ3v) is 6.10. The maximum Gasteiger partial charge on any atom is 0.416 e. The summed E-state index contributed by atoms with van der Waals surface area (Å²) in [5, 5.41) is 10.0. The summed E-state index contributed by atoms with van der Waals surface area (Å²) in [7, 11) is 0. The summed E-state index contributed by atoms with van der Waals surface area (Å²) in [6, 6.07) is 12.6. The molecule has 0 fully saturated rings. The summed E-state index contributed by atoms with van der Waals surface area (Å²) in [6.07, 6.45) is -2.94. The van der Waals surface area contributed by atoms with Crippen LogP contribution in [0.2, 0.25) is 0 Å². The number of carbonyl (C=O) groups excluding carboxylic acids is 1. The van der Waals surface area contributed by atoms with Gasteiger partial charge in [0.1, 0.15) is 5.82 Å². The van der Waals surface area contributed by atoms with Gasteiger partial charge in [0.15, 0.2) is 5.78 Å². The average molecular weight is 437 g/mol. The number of rotatable bonds is 2. The highest BCUT2D eigenvalue weighted by Gasteiger charge is 2.41. The first-order valence-corrected chi connectivity index (χ1v) is 10.3. The normalized spacial score (nSPS) is 19.2. The van der Waals surface area contributed by atoms with Crippen LogP contribution in [0.15, 0.2) is 65.1 Å². The molecule has 1 aliphatic heterocycles. The van der Waals surface area contributed by atoms with Crippen LogP contribution >= 0.6 is 0 Å². The molecule has 0 bridgehead atoms. The van der Waals surface area contributed by atoms with Gasteiger partial charge in [0.25, 0.3) is 0 Å². The molecule has 2 aliphatic rings. The van der Waals surface area contributed by atoms with E-state index in [0.29, 0.717) is 36.2 Å². The quantitative estimate of drug-likeness (QED) is 0.661. The van der Waals surface area contributed by atoms with E-state index in [2.05, 4.69) is 6.07 Å². The minimum atomic E-state index is -4.46. The lowest BCUT2D eigenvalue weighted by atomic mass is 9.74. The number of aryl methyl sites for hydroxylation is 2. The highest BCUT2D eigenvalue weighted by Crippen LogP contribution is 2.47. The molecule has 2 aromatic rings. The van der Waals surface area contributed by atoms with E-state index in [1.807, 2.05) is 32.0 Å². The van der Waals surface area contributed by atoms with Crippen LogP contribution in [-0.4, -0.2) is 5.78 Å². The van der Waals surface area contributed by atoms with Crippen molar-refractivity contribution in [1.29, 1.82) is 5.26 Å². The first-order valence-electron chi connectivity index (χ1n) is 10.3. The molecule has 0 amide bonds. The number of anilines is 1. The van der Waals surface area contributed by atoms with Crippen molar-refractivity contribution in [2.45, 2.75) is 45.2 Å². The van der Waals surface area contributed by atoms with E-state index in [1.165, 1.54) is 12.1 Å². The lowest BCUT2D eigenvalue weighted by Gasteiger charge is -2.40. The Labute approximate surface area is 184 Å². The molecule has 1 heterocycles. The van der Waals surface area contributed by atoms with Gasteiger partial charge in [-0.05, 0) is 62.1 Å². The van der Waals surface area contributed by atoms with Gasteiger partial charge in [-0.2, -0.15) is 18.4 Å². The topological polar surface area (TPSA) is 70.1 Å². The molecule has 0 saturated heterocycles. The predicted octanol–water partition coefficient (Wildman–Crippen LogP) is 5.63. The zero-order chi connectivity index (χ0) is 23.2. The van der Waals surface area contributed by atoms with Crippen molar-refractivity contribution < 1.29 is 18.0 Å². The summed E-state index contributed by atoms with van der Waals surface area (Å²) in [5.41, 5.74) is 10.3. The summed E-state index contributed by atoms with van der Waals surface area (Å²) in [5.74, 6) is -0.506. The van der Waals surface area contributed by atoms with Crippen LogP contribution in [0.3, 0.4) is 0 Å². The van der Waals surface area contributed by atoms with Crippen molar-refractivity contribution in [2.75, 3.05) is 4.90 Å². The molecule has 164 valence electrons. The van der Waals surface area contributed by atoms with Crippen LogP contribution in [-0.2, 0) is 11.0 Å². The number of nitriles is 1. The highest BCUT2D eigenvalue weighted by molar-refractivity contribution is 6.01. The summed E-state index contributed by atoms with van der Waals surface area (Å²) < 4.78 is 39.1. The fraction of sp³-hybridized carbons (Fsp3) is 0.280. The fourth-order valence-corrected chi connectivity index (χ4v) is 4.64. The number of nitrogens with two attached hydrogens (primary N) is 1. The van der Waals surface area contributed by atoms with E-state index in [0.717, 1.165) is 28.8 Å². The van der Waals surface area contributed by atoms with Crippen molar-refractivity contribution >= 4 is 11.5 Å². The van der Waals surface area contributed by atoms with Gasteiger partial charge in [0.05, 0.1) is 23.1 Å². The Kier molecular flexibility index (Phi) is 5.33. The van der Waals surface area contributed by atoms with Gasteiger partial charge in [-0.25, -0.2) is 0 Å². The molecule has 7 heteroatoms. The van der Waals surface area contributed by atoms with Crippen LogP contribution in [0, 0.1) is 25.2 Å². The van der Waals surface area contributed by atoms with Crippen molar-refractivity contribution in [3.8, 4) is 6.07 Å². The Hall–Kier alpha value is -3.53. The van der Waals surface area contributed by atoms with Crippen molar-refractivity contribution in [2.24, 2.45) is 5.73 Å². The zero-order valence-corrected chi connectivity index (χ0v) is 17.8. The molecule has 1 aliphatic carbocycles. The predicted molar refractivity (Wildman–Crippen MR) is 115 cm³/mol. The van der Waals surface area contributed by atoms with Gasteiger partial charge < -0.3 is 5.73 Å². The fourth-order valence-electron chi connectivity index (χ4n) is 4.64. The monoisotopic (exact) mass is 437 g/mol. The summed E-state index contributed by atoms with van der Waals surface area (Å²) in [4.78, 5) is 14.7. The number of Topliss-reactive ketones (excluding diaryl/α,β-unsaturated/α-hetero) is 1. The van der Waals surface area contributed by atoms with Crippen molar-refractivity contribution in [3.63, 3.8) is 0 Å². The van der Waals surface area contributed by atoms with Gasteiger partial charge in [-0.1, -0.05) is 23.8 Å². The van der Waals surface area contributed by atoms with Crippen LogP contribution in [0.25, 0.3) is 0 Å². The zero-order valence-electron chi connectivity index (χ0n) is 17.8. The third kappa shape index (κ3) is 3.56. The maximum absolute atomic E-state index is 13.1. The molecule has 4 rings (SSSR count). The molecule has 32 heavy (non-hydrogen) atoms. The number of benzene rings is 2. The molecule has 0 spiro atoms. The molecule has 0 saturated carbocycles. The Balaban J connectivity index is 1.92. The van der Waals surface area contributed by atoms with E-state index < -0.39 is 17.7 Å². The second-order valence-corrected chi connectivity index (χ2v) is 8.22. The minimum Gasteiger partial charge on any atom is -0.384 e. The van der Waals surface area contributed by atoms with Crippen LogP contribution < -0.4 is 10.6 Å². The lowest BCUT2D eigenvalue weighted by molar-refractivity contribution is -0.137. The molecule has 0 radical (unpaired) electrons. The first kappa shape index (κ1) is 21.7. The van der Waals surface area contributed by atoms with E-state index in [4.69, 9.17) is 5.73 Å². The number of hydrogen-bond donors (Lipinski definition) is 1. The Morgan fingerprint density at radius 1 is 1.09 bits per heavy atom. The number of ketones is 1. The Morgan fingerprint density at radius 2 is 1.78 bits per heavy atom. The second kappa shape index (κ2) is 7.86. The lowest BCUT2D eigenvalue weighted by Crippen LogP contribution is -2.38. The second-order valence-electron chi connectivity index (χ2n) is 8.22. The van der Waals surface area contributed by atoms with Crippen LogP contribution in [0.4, 0.5) is 18.9 Å². The van der Waals surface area contributed by atoms with Gasteiger partial charge in [0, 0.05) is 23.4 Å². The van der Waals surface area contributed by atoms with Gasteiger partial charge in [-0.3, -0.25) is 9.69 Å². The van der Waals surface area contributed by atoms with Crippen molar-refractivity contribution in [3.05, 3.63) is 87.4 Å². The van der Waals surface area contributed by atoms with Crippen LogP contribution in [0.5, 0.6) is 0 Å². The number of hydrogen-bond acceptors (Lipinski definition) is 4. The van der Waals surface area contributed by atoms with Gasteiger partial charge in [0.2, 0.25) is 0 Å². The molecular weight excluding hydrogens is 415 g/mol. The van der Waals surface area contributed by atoms with Gasteiger partial charge in [-0.15, -0.1) is 0 Å². The summed E-state index contributed by atoms with van der Waals surface area (Å²) >= 11 is 0. The maximum atomic E-state index is 13.1. The number of alkyl halides is 3. The molecule has 0 unspecified atom stereocenters. The van der Waals surface area contributed by atoms with E-state index in [-0.39, 0.29) is 17.2 Å². The number of halogens is 3. The SMILES string of the molecule is Cc1ccc([C@H]2C(C#N)=C(N)N(c3ccc(C(F)(F)F)cc3)C3=C2C(=O)CCC3)c(C)c1. The number of allylic oxidation sites excluding steroid dienone is 3. The standard InChI is InChI=1S/C25H22F3N3O/c1-14-6-11-18(15(2)12-14)22-19(13-29)24(30)31(20-4-3-5-21(32)23(20)22)17-9-7-16(8-10-17)25(26,27)28/h6-12,22H,3-5,30H2,1-2H3/t22-/m0/s1. The summed E-state index contributed by atoms with van der Waals surface area (Å²) in [6.45, 7) is 3.90. The molecular formula is C25H22F3N3O. The van der Waals surface area contributed by atoms with E-state index in [9.17, 15) is 23.2 Å². The van der Waals surface area contributed by atoms with Crippen molar-refractivity contribution in [1.82, 2.24) is 0 Å². The smallest absolute Gasteiger partial charge is 0.384 e. The largest absolute Gasteiger partial charge is 0.416 e. The molecule has 0 aromatic heterocycles. The molecule has 1 atom stereocenters. The Morgan fingerprint density at radius 3 is 2.38 bits per heavy atom. The van der Waals surface area contributed by atoms with Crippen LogP contribution in [0.1, 0.15) is 47.4 Å². The first-order chi connectivity index (χ1) is 15.1. The minimum absolute atomic E-state index is 0.0617. The van der Waals surface area contributed by atoms with E-state index >= 15 is 0 Å². The Bertz CT molecular complexity index is 1200. The third-order valence-electron chi connectivity index (χ3n) is 6.10. The molecule has 2 N–H and O–H groups in total.